The number of carbonyl (C=O) groups is 2. The number of rotatable bonds is 8. The van der Waals surface area contributed by atoms with Crippen molar-refractivity contribution in [3.63, 3.8) is 0 Å². The number of esters is 1. The van der Waals surface area contributed by atoms with Gasteiger partial charge < -0.3 is 14.2 Å². The van der Waals surface area contributed by atoms with E-state index in [1.165, 1.54) is 11.8 Å². The maximum absolute atomic E-state index is 12.5. The van der Waals surface area contributed by atoms with E-state index in [0.717, 1.165) is 11.5 Å². The zero-order chi connectivity index (χ0) is 20.0. The zero-order valence-corrected chi connectivity index (χ0v) is 17.1. The smallest absolute Gasteiger partial charge is 0.341 e. The molecule has 0 aliphatic rings. The molecular formula is C19H25N3O4S. The Balaban J connectivity index is 2.00. The van der Waals surface area contributed by atoms with Gasteiger partial charge in [0.05, 0.1) is 11.3 Å². The maximum atomic E-state index is 12.5. The van der Waals surface area contributed by atoms with Gasteiger partial charge in [0.2, 0.25) is 0 Å². The van der Waals surface area contributed by atoms with Crippen LogP contribution in [0.3, 0.4) is 0 Å². The summed E-state index contributed by atoms with van der Waals surface area (Å²) in [6.07, 6.45) is 1.61. The summed E-state index contributed by atoms with van der Waals surface area (Å²) in [6.45, 7) is 9.25. The zero-order valence-electron chi connectivity index (χ0n) is 16.3. The number of carbonyl (C=O) groups excluding carboxylic acids is 2. The average Bonchev–Trinajstić information content (AvgIpc) is 3.03. The van der Waals surface area contributed by atoms with E-state index in [-0.39, 0.29) is 24.6 Å². The third-order valence-electron chi connectivity index (χ3n) is 3.75. The molecule has 2 heterocycles. The molecule has 27 heavy (non-hydrogen) atoms. The number of pyridine rings is 1. The van der Waals surface area contributed by atoms with Gasteiger partial charge in [-0.05, 0) is 46.8 Å². The molecule has 0 aliphatic heterocycles. The first kappa shape index (κ1) is 21.0. The van der Waals surface area contributed by atoms with Crippen molar-refractivity contribution in [2.45, 2.75) is 57.5 Å². The first-order chi connectivity index (χ1) is 12.8. The molecule has 0 bridgehead atoms. The standard InChI is InChI=1S/C19H25N3O4S/c1-12(2)22(13(3)4)17(23)10-25-19(24)16-7-6-8-20-18(16)27-11-15-9-14(5)26-21-15/h6-9,12-13H,10-11H2,1-5H3. The van der Waals surface area contributed by atoms with Crippen LogP contribution in [-0.2, 0) is 15.3 Å². The molecule has 0 saturated heterocycles. The third-order valence-corrected chi connectivity index (χ3v) is 4.79. The Morgan fingerprint density at radius 1 is 1.26 bits per heavy atom. The highest BCUT2D eigenvalue weighted by Gasteiger charge is 2.22. The van der Waals surface area contributed by atoms with Crippen LogP contribution in [-0.4, -0.2) is 45.6 Å². The molecule has 0 fully saturated rings. The predicted octanol–water partition coefficient (Wildman–Crippen LogP) is 3.47. The normalized spacial score (nSPS) is 11.1. The Bertz CT molecular complexity index is 781. The molecule has 0 radical (unpaired) electrons. The fraction of sp³-hybridized carbons (Fsp3) is 0.474. The Morgan fingerprint density at radius 2 is 1.96 bits per heavy atom. The van der Waals surface area contributed by atoms with Crippen molar-refractivity contribution in [2.24, 2.45) is 0 Å². The van der Waals surface area contributed by atoms with Crippen LogP contribution >= 0.6 is 11.8 Å². The minimum atomic E-state index is -0.567. The van der Waals surface area contributed by atoms with Crippen molar-refractivity contribution in [1.82, 2.24) is 15.0 Å². The van der Waals surface area contributed by atoms with Gasteiger partial charge in [-0.15, -0.1) is 0 Å². The number of hydrogen-bond acceptors (Lipinski definition) is 7. The van der Waals surface area contributed by atoms with Gasteiger partial charge in [-0.2, -0.15) is 0 Å². The van der Waals surface area contributed by atoms with Crippen LogP contribution < -0.4 is 0 Å². The summed E-state index contributed by atoms with van der Waals surface area (Å²) in [5.41, 5.74) is 1.10. The molecule has 7 nitrogen and oxygen atoms in total. The maximum Gasteiger partial charge on any atom is 0.341 e. The van der Waals surface area contributed by atoms with Crippen molar-refractivity contribution in [3.05, 3.63) is 41.4 Å². The van der Waals surface area contributed by atoms with Crippen molar-refractivity contribution in [1.29, 1.82) is 0 Å². The fourth-order valence-electron chi connectivity index (χ4n) is 2.74. The van der Waals surface area contributed by atoms with Crippen molar-refractivity contribution < 1.29 is 18.8 Å². The van der Waals surface area contributed by atoms with Gasteiger partial charge in [-0.1, -0.05) is 16.9 Å². The number of nitrogens with zero attached hydrogens (tertiary/aromatic N) is 3. The summed E-state index contributed by atoms with van der Waals surface area (Å²) in [5, 5.41) is 4.46. The van der Waals surface area contributed by atoms with Gasteiger partial charge in [0.15, 0.2) is 6.61 Å². The number of aromatic nitrogens is 2. The lowest BCUT2D eigenvalue weighted by molar-refractivity contribution is -0.138. The van der Waals surface area contributed by atoms with E-state index in [0.29, 0.717) is 16.3 Å². The molecule has 2 aromatic heterocycles. The van der Waals surface area contributed by atoms with Gasteiger partial charge in [0.1, 0.15) is 10.8 Å². The van der Waals surface area contributed by atoms with Crippen LogP contribution in [0, 0.1) is 6.92 Å². The molecule has 2 rings (SSSR count). The summed E-state index contributed by atoms with van der Waals surface area (Å²) in [4.78, 5) is 30.8. The quantitative estimate of drug-likeness (QED) is 0.503. The predicted molar refractivity (Wildman–Crippen MR) is 102 cm³/mol. The van der Waals surface area contributed by atoms with Gasteiger partial charge in [-0.25, -0.2) is 9.78 Å². The van der Waals surface area contributed by atoms with Crippen LogP contribution in [0.2, 0.25) is 0 Å². The monoisotopic (exact) mass is 391 g/mol. The van der Waals surface area contributed by atoms with Gasteiger partial charge in [-0.3, -0.25) is 4.79 Å². The minimum Gasteiger partial charge on any atom is -0.452 e. The number of hydrogen-bond donors (Lipinski definition) is 0. The molecule has 0 saturated carbocycles. The van der Waals surface area contributed by atoms with E-state index in [4.69, 9.17) is 9.26 Å². The Kier molecular flexibility index (Phi) is 7.41. The lowest BCUT2D eigenvalue weighted by Crippen LogP contribution is -2.44. The first-order valence-corrected chi connectivity index (χ1v) is 9.76. The second kappa shape index (κ2) is 9.55. The van der Waals surface area contributed by atoms with Crippen LogP contribution in [0.1, 0.15) is 49.5 Å². The van der Waals surface area contributed by atoms with Crippen LogP contribution in [0.5, 0.6) is 0 Å². The number of aryl methyl sites for hydroxylation is 1. The molecule has 146 valence electrons. The lowest BCUT2D eigenvalue weighted by Gasteiger charge is -2.30. The Morgan fingerprint density at radius 3 is 2.56 bits per heavy atom. The van der Waals surface area contributed by atoms with Crippen molar-refractivity contribution in [2.75, 3.05) is 6.61 Å². The van der Waals surface area contributed by atoms with Gasteiger partial charge in [0, 0.05) is 30.1 Å². The largest absolute Gasteiger partial charge is 0.452 e. The highest BCUT2D eigenvalue weighted by Crippen LogP contribution is 2.24. The van der Waals surface area contributed by atoms with Crippen molar-refractivity contribution in [3.8, 4) is 0 Å². The molecule has 0 aromatic carbocycles. The number of ether oxygens (including phenoxy) is 1. The fourth-order valence-corrected chi connectivity index (χ4v) is 3.60. The summed E-state index contributed by atoms with van der Waals surface area (Å²) in [7, 11) is 0. The highest BCUT2D eigenvalue weighted by molar-refractivity contribution is 7.98. The summed E-state index contributed by atoms with van der Waals surface area (Å²) in [5.74, 6) is 0.457. The lowest BCUT2D eigenvalue weighted by atomic mass is 10.2. The molecule has 2 aromatic rings. The molecule has 0 spiro atoms. The second-order valence-electron chi connectivity index (χ2n) is 6.64. The van der Waals surface area contributed by atoms with E-state index in [1.807, 2.05) is 40.7 Å². The number of amides is 1. The molecule has 0 aliphatic carbocycles. The highest BCUT2D eigenvalue weighted by atomic mass is 32.2. The van der Waals surface area contributed by atoms with Crippen LogP contribution in [0.25, 0.3) is 0 Å². The van der Waals surface area contributed by atoms with E-state index >= 15 is 0 Å². The molecule has 0 atom stereocenters. The van der Waals surface area contributed by atoms with Crippen LogP contribution in [0.15, 0.2) is 33.9 Å². The van der Waals surface area contributed by atoms with E-state index in [1.54, 1.807) is 23.2 Å². The van der Waals surface area contributed by atoms with E-state index in [9.17, 15) is 9.59 Å². The van der Waals surface area contributed by atoms with Crippen LogP contribution in [0.4, 0.5) is 0 Å². The van der Waals surface area contributed by atoms with Gasteiger partial charge >= 0.3 is 5.97 Å². The molecule has 0 unspecified atom stereocenters. The van der Waals surface area contributed by atoms with E-state index in [2.05, 4.69) is 10.1 Å². The number of thioether (sulfide) groups is 1. The topological polar surface area (TPSA) is 85.5 Å². The molecule has 0 N–H and O–H groups in total. The first-order valence-electron chi connectivity index (χ1n) is 8.78. The summed E-state index contributed by atoms with van der Waals surface area (Å²) < 4.78 is 10.3. The average molecular weight is 391 g/mol. The molecule has 1 amide bonds. The summed E-state index contributed by atoms with van der Waals surface area (Å²) >= 11 is 1.36. The minimum absolute atomic E-state index is 0.0339. The third kappa shape index (κ3) is 5.82. The van der Waals surface area contributed by atoms with Gasteiger partial charge in [0.25, 0.3) is 5.91 Å². The second-order valence-corrected chi connectivity index (χ2v) is 7.60. The summed E-state index contributed by atoms with van der Waals surface area (Å²) in [6, 6.07) is 5.20. The Labute approximate surface area is 163 Å². The SMILES string of the molecule is Cc1cc(CSc2ncccc2C(=O)OCC(=O)N(C(C)C)C(C)C)no1. The molecular weight excluding hydrogens is 366 g/mol. The molecule has 8 heteroatoms. The van der Waals surface area contributed by atoms with E-state index < -0.39 is 5.97 Å². The Hall–Kier alpha value is -2.35. The van der Waals surface area contributed by atoms with Crippen molar-refractivity contribution >= 4 is 23.6 Å².